The molecule has 1 aromatic rings. The van der Waals surface area contributed by atoms with Gasteiger partial charge < -0.3 is 10.5 Å². The third-order valence-electron chi connectivity index (χ3n) is 3.05. The van der Waals surface area contributed by atoms with Crippen LogP contribution < -0.4 is 10.5 Å². The van der Waals surface area contributed by atoms with Crippen molar-refractivity contribution >= 4 is 27.2 Å². The Kier molecular flexibility index (Phi) is 5.91. The van der Waals surface area contributed by atoms with Crippen LogP contribution in [-0.2, 0) is 16.6 Å². The zero-order valence-corrected chi connectivity index (χ0v) is 13.5. The second-order valence-corrected chi connectivity index (χ2v) is 7.14. The first-order valence-electron chi connectivity index (χ1n) is 6.20. The van der Waals surface area contributed by atoms with Crippen molar-refractivity contribution in [2.75, 3.05) is 14.2 Å². The molecule has 0 aliphatic heterocycles. The summed E-state index contributed by atoms with van der Waals surface area (Å²) in [4.78, 5) is 0.00841. The molecule has 0 spiro atoms. The highest BCUT2D eigenvalue weighted by Gasteiger charge is 2.30. The van der Waals surface area contributed by atoms with Gasteiger partial charge in [0, 0.05) is 13.6 Å². The van der Waals surface area contributed by atoms with E-state index in [1.807, 2.05) is 12.1 Å². The summed E-state index contributed by atoms with van der Waals surface area (Å²) in [7, 11) is -0.417. The lowest BCUT2D eigenvalue weighted by Gasteiger charge is -2.23. The van der Waals surface area contributed by atoms with E-state index >= 15 is 0 Å². The number of rotatable bonds is 7. The molecule has 5 nitrogen and oxygen atoms in total. The van der Waals surface area contributed by atoms with Crippen molar-refractivity contribution in [1.29, 1.82) is 0 Å². The van der Waals surface area contributed by atoms with E-state index < -0.39 is 15.3 Å². The third kappa shape index (κ3) is 3.91. The van der Waals surface area contributed by atoms with Crippen LogP contribution in [0.1, 0.15) is 18.9 Å². The van der Waals surface area contributed by atoms with Crippen molar-refractivity contribution < 1.29 is 13.2 Å². The van der Waals surface area contributed by atoms with Crippen molar-refractivity contribution in [3.05, 3.63) is 29.8 Å². The smallest absolute Gasteiger partial charge is 0.223 e. The zero-order valence-electron chi connectivity index (χ0n) is 11.9. The maximum Gasteiger partial charge on any atom is 0.223 e. The van der Waals surface area contributed by atoms with Gasteiger partial charge in [-0.25, -0.2) is 8.42 Å². The summed E-state index contributed by atoms with van der Waals surface area (Å²) in [6.45, 7) is 2.02. The van der Waals surface area contributed by atoms with Crippen LogP contribution in [0.4, 0.5) is 0 Å². The highest BCUT2D eigenvalue weighted by atomic mass is 32.2. The quantitative estimate of drug-likeness (QED) is 0.772. The number of nitrogens with two attached hydrogens (primary N) is 1. The number of hydrogen-bond acceptors (Lipinski definition) is 4. The predicted octanol–water partition coefficient (Wildman–Crippen LogP) is 1.52. The highest BCUT2D eigenvalue weighted by molar-refractivity contribution is 7.92. The SMILES string of the molecule is CCC(C(N)=S)S(=O)(=O)N(C)Cc1ccc(OC)cc1. The summed E-state index contributed by atoms with van der Waals surface area (Å²) < 4.78 is 31.1. The normalized spacial score (nSPS) is 13.2. The molecule has 20 heavy (non-hydrogen) atoms. The summed E-state index contributed by atoms with van der Waals surface area (Å²) in [5.41, 5.74) is 6.38. The van der Waals surface area contributed by atoms with Gasteiger partial charge in [0.1, 0.15) is 11.0 Å². The lowest BCUT2D eigenvalue weighted by Crippen LogP contribution is -2.42. The molecule has 1 aromatic carbocycles. The fraction of sp³-hybridized carbons (Fsp3) is 0.462. The summed E-state index contributed by atoms with van der Waals surface area (Å²) in [6, 6.07) is 7.24. The molecule has 7 heteroatoms. The molecule has 0 radical (unpaired) electrons. The number of sulfonamides is 1. The van der Waals surface area contributed by atoms with E-state index in [-0.39, 0.29) is 11.5 Å². The van der Waals surface area contributed by atoms with Gasteiger partial charge in [-0.15, -0.1) is 0 Å². The van der Waals surface area contributed by atoms with E-state index in [0.717, 1.165) is 11.3 Å². The topological polar surface area (TPSA) is 72.6 Å². The molecule has 112 valence electrons. The Labute approximate surface area is 125 Å². The Bertz CT molecular complexity index is 555. The molecule has 0 bridgehead atoms. The fourth-order valence-electron chi connectivity index (χ4n) is 1.85. The number of nitrogens with zero attached hydrogens (tertiary/aromatic N) is 1. The Balaban J connectivity index is 2.88. The molecule has 0 aliphatic rings. The van der Waals surface area contributed by atoms with Crippen LogP contribution in [0, 0.1) is 0 Å². The summed E-state index contributed by atoms with van der Waals surface area (Å²) in [5, 5.41) is -0.819. The lowest BCUT2D eigenvalue weighted by molar-refractivity contribution is 0.414. The molecule has 1 rings (SSSR count). The van der Waals surface area contributed by atoms with Gasteiger partial charge in [-0.2, -0.15) is 4.31 Å². The van der Waals surface area contributed by atoms with Crippen LogP contribution in [0.25, 0.3) is 0 Å². The molecule has 0 heterocycles. The molecule has 1 unspecified atom stereocenters. The van der Waals surface area contributed by atoms with Crippen LogP contribution in [0.2, 0.25) is 0 Å². The van der Waals surface area contributed by atoms with E-state index in [4.69, 9.17) is 22.7 Å². The summed E-state index contributed by atoms with van der Waals surface area (Å²) in [5.74, 6) is 0.730. The van der Waals surface area contributed by atoms with Crippen LogP contribution in [0.3, 0.4) is 0 Å². The second kappa shape index (κ2) is 7.01. The monoisotopic (exact) mass is 316 g/mol. The van der Waals surface area contributed by atoms with Gasteiger partial charge in [-0.3, -0.25) is 0 Å². The fourth-order valence-corrected chi connectivity index (χ4v) is 3.86. The van der Waals surface area contributed by atoms with E-state index in [1.54, 1.807) is 26.2 Å². The Morgan fingerprint density at radius 1 is 1.40 bits per heavy atom. The van der Waals surface area contributed by atoms with Crippen molar-refractivity contribution in [2.45, 2.75) is 25.1 Å². The van der Waals surface area contributed by atoms with Crippen LogP contribution in [0.5, 0.6) is 5.75 Å². The predicted molar refractivity (Wildman–Crippen MR) is 84.2 cm³/mol. The number of methoxy groups -OCH3 is 1. The van der Waals surface area contributed by atoms with Gasteiger partial charge in [-0.05, 0) is 24.1 Å². The molecule has 0 saturated heterocycles. The number of ether oxygens (including phenoxy) is 1. The Morgan fingerprint density at radius 3 is 2.35 bits per heavy atom. The molecular formula is C13H20N2O3S2. The van der Waals surface area contributed by atoms with E-state index in [0.29, 0.717) is 6.42 Å². The average molecular weight is 316 g/mol. The number of benzene rings is 1. The van der Waals surface area contributed by atoms with Crippen LogP contribution in [0.15, 0.2) is 24.3 Å². The zero-order chi connectivity index (χ0) is 15.3. The van der Waals surface area contributed by atoms with Crippen molar-refractivity contribution in [1.82, 2.24) is 4.31 Å². The standard InChI is InChI=1S/C13H20N2O3S2/c1-4-12(13(14)19)20(16,17)15(2)9-10-5-7-11(18-3)8-6-10/h5-8,12H,4,9H2,1-3H3,(H2,14,19). The van der Waals surface area contributed by atoms with E-state index in [2.05, 4.69) is 0 Å². The molecule has 2 N–H and O–H groups in total. The van der Waals surface area contributed by atoms with Gasteiger partial charge in [0.05, 0.1) is 12.1 Å². The summed E-state index contributed by atoms with van der Waals surface area (Å²) in [6.07, 6.45) is 0.366. The largest absolute Gasteiger partial charge is 0.497 e. The maximum absolute atomic E-state index is 12.4. The first-order valence-corrected chi connectivity index (χ1v) is 8.11. The Hall–Kier alpha value is -1.18. The van der Waals surface area contributed by atoms with Gasteiger partial charge in [0.2, 0.25) is 10.0 Å². The lowest BCUT2D eigenvalue weighted by atomic mass is 10.2. The minimum absolute atomic E-state index is 0.00841. The molecule has 0 saturated carbocycles. The van der Waals surface area contributed by atoms with Gasteiger partial charge >= 0.3 is 0 Å². The summed E-state index contributed by atoms with van der Waals surface area (Å²) >= 11 is 4.84. The van der Waals surface area contributed by atoms with Gasteiger partial charge in [0.25, 0.3) is 0 Å². The molecule has 0 fully saturated rings. The van der Waals surface area contributed by atoms with Gasteiger partial charge in [-0.1, -0.05) is 31.3 Å². The van der Waals surface area contributed by atoms with Gasteiger partial charge in [0.15, 0.2) is 0 Å². The first-order chi connectivity index (χ1) is 9.32. The molecule has 1 atom stereocenters. The minimum Gasteiger partial charge on any atom is -0.497 e. The highest BCUT2D eigenvalue weighted by Crippen LogP contribution is 2.17. The molecule has 0 amide bonds. The van der Waals surface area contributed by atoms with Crippen molar-refractivity contribution in [2.24, 2.45) is 5.73 Å². The molecular weight excluding hydrogens is 296 g/mol. The van der Waals surface area contributed by atoms with E-state index in [9.17, 15) is 8.42 Å². The second-order valence-electron chi connectivity index (χ2n) is 4.45. The van der Waals surface area contributed by atoms with Crippen molar-refractivity contribution in [3.63, 3.8) is 0 Å². The van der Waals surface area contributed by atoms with Crippen LogP contribution in [-0.4, -0.2) is 37.1 Å². The molecule has 0 aromatic heterocycles. The minimum atomic E-state index is -3.53. The first kappa shape index (κ1) is 16.9. The van der Waals surface area contributed by atoms with Crippen LogP contribution >= 0.6 is 12.2 Å². The average Bonchev–Trinajstić information content (AvgIpc) is 2.39. The maximum atomic E-state index is 12.4. The Morgan fingerprint density at radius 2 is 1.95 bits per heavy atom. The number of thiocarbonyl (C=S) groups is 1. The van der Waals surface area contributed by atoms with E-state index in [1.165, 1.54) is 11.4 Å². The van der Waals surface area contributed by atoms with Crippen molar-refractivity contribution in [3.8, 4) is 5.75 Å². The molecule has 0 aliphatic carbocycles. The third-order valence-corrected chi connectivity index (χ3v) is 5.78. The number of hydrogen-bond donors (Lipinski definition) is 1.